The summed E-state index contributed by atoms with van der Waals surface area (Å²) < 4.78 is 34.0. The molecule has 0 radical (unpaired) electrons. The number of fused-ring (bicyclic) bond motifs is 2. The molecule has 2 bridgehead atoms. The van der Waals surface area contributed by atoms with Crippen LogP contribution < -0.4 is 10.1 Å². The van der Waals surface area contributed by atoms with Crippen LogP contribution in [0.5, 0.6) is 5.75 Å². The highest BCUT2D eigenvalue weighted by Crippen LogP contribution is 2.37. The van der Waals surface area contributed by atoms with Crippen molar-refractivity contribution >= 4 is 0 Å². The number of morpholine rings is 1. The summed E-state index contributed by atoms with van der Waals surface area (Å²) >= 11 is 0. The minimum absolute atomic E-state index is 0.102. The monoisotopic (exact) mass is 285 g/mol. The van der Waals surface area contributed by atoms with E-state index in [9.17, 15) is 13.9 Å². The van der Waals surface area contributed by atoms with E-state index in [-0.39, 0.29) is 17.8 Å². The predicted molar refractivity (Wildman–Crippen MR) is 67.7 cm³/mol. The molecule has 4 nitrogen and oxygen atoms in total. The van der Waals surface area contributed by atoms with Gasteiger partial charge in [-0.15, -0.1) is 0 Å². The van der Waals surface area contributed by atoms with Crippen molar-refractivity contribution in [3.05, 3.63) is 29.8 Å². The quantitative estimate of drug-likeness (QED) is 0.886. The molecule has 2 unspecified atom stereocenters. The van der Waals surface area contributed by atoms with Gasteiger partial charge in [-0.05, 0) is 30.5 Å². The van der Waals surface area contributed by atoms with Crippen LogP contribution in [-0.4, -0.2) is 37.0 Å². The van der Waals surface area contributed by atoms with Crippen molar-refractivity contribution in [2.24, 2.45) is 0 Å². The van der Waals surface area contributed by atoms with Crippen molar-refractivity contribution in [3.63, 3.8) is 0 Å². The molecule has 0 saturated carbocycles. The summed E-state index contributed by atoms with van der Waals surface area (Å²) in [6, 6.07) is 6.50. The van der Waals surface area contributed by atoms with E-state index >= 15 is 0 Å². The van der Waals surface area contributed by atoms with Crippen LogP contribution in [-0.2, 0) is 10.3 Å². The van der Waals surface area contributed by atoms with Crippen LogP contribution in [0.25, 0.3) is 0 Å². The fraction of sp³-hybridized carbons (Fsp3) is 0.571. The van der Waals surface area contributed by atoms with Gasteiger partial charge in [-0.2, -0.15) is 8.78 Å². The summed E-state index contributed by atoms with van der Waals surface area (Å²) in [5, 5.41) is 14.2. The maximum atomic E-state index is 12.1. The molecule has 0 spiro atoms. The first-order valence-corrected chi connectivity index (χ1v) is 6.67. The summed E-state index contributed by atoms with van der Waals surface area (Å²) in [7, 11) is 0. The number of aliphatic hydroxyl groups is 1. The molecule has 1 aromatic rings. The Bertz CT molecular complexity index is 454. The summed E-state index contributed by atoms with van der Waals surface area (Å²) in [6.45, 7) is -1.66. The zero-order chi connectivity index (χ0) is 14.2. The molecule has 2 fully saturated rings. The molecule has 2 saturated heterocycles. The summed E-state index contributed by atoms with van der Waals surface area (Å²) in [4.78, 5) is 0. The third-order valence-electron chi connectivity index (χ3n) is 3.89. The van der Waals surface area contributed by atoms with Crippen LogP contribution in [0.15, 0.2) is 24.3 Å². The highest BCUT2D eigenvalue weighted by molar-refractivity contribution is 5.32. The van der Waals surface area contributed by atoms with Crippen LogP contribution in [0.1, 0.15) is 18.4 Å². The highest BCUT2D eigenvalue weighted by atomic mass is 19.3. The van der Waals surface area contributed by atoms with E-state index < -0.39 is 12.2 Å². The third-order valence-corrected chi connectivity index (χ3v) is 3.89. The van der Waals surface area contributed by atoms with Crippen molar-refractivity contribution in [1.29, 1.82) is 0 Å². The minimum atomic E-state index is -2.83. The lowest BCUT2D eigenvalue weighted by Gasteiger charge is -2.45. The number of hydrogen-bond donors (Lipinski definition) is 2. The fourth-order valence-corrected chi connectivity index (χ4v) is 3.10. The van der Waals surface area contributed by atoms with Gasteiger partial charge in [0.1, 0.15) is 5.75 Å². The normalized spacial score (nSPS) is 33.2. The van der Waals surface area contributed by atoms with Gasteiger partial charge in [-0.25, -0.2) is 0 Å². The van der Waals surface area contributed by atoms with E-state index in [0.717, 1.165) is 5.56 Å². The van der Waals surface area contributed by atoms with Gasteiger partial charge in [0.15, 0.2) is 0 Å². The smallest absolute Gasteiger partial charge is 0.387 e. The van der Waals surface area contributed by atoms with E-state index in [4.69, 9.17) is 4.74 Å². The Morgan fingerprint density at radius 3 is 2.35 bits per heavy atom. The molecule has 2 atom stereocenters. The second-order valence-corrected chi connectivity index (χ2v) is 5.44. The largest absolute Gasteiger partial charge is 0.435 e. The first kappa shape index (κ1) is 13.7. The minimum Gasteiger partial charge on any atom is -0.435 e. The average Bonchev–Trinajstić information content (AvgIpc) is 2.38. The second-order valence-electron chi connectivity index (χ2n) is 5.44. The zero-order valence-corrected chi connectivity index (χ0v) is 10.9. The molecule has 6 heteroatoms. The Morgan fingerprint density at radius 1 is 1.20 bits per heavy atom. The summed E-state index contributed by atoms with van der Waals surface area (Å²) in [6.07, 6.45) is 1.11. The molecule has 3 rings (SSSR count). The van der Waals surface area contributed by atoms with Crippen molar-refractivity contribution in [1.82, 2.24) is 5.32 Å². The molecule has 0 aromatic heterocycles. The van der Waals surface area contributed by atoms with E-state index in [2.05, 4.69) is 10.1 Å². The maximum Gasteiger partial charge on any atom is 0.387 e. The van der Waals surface area contributed by atoms with Crippen LogP contribution in [0.4, 0.5) is 8.78 Å². The number of halogens is 2. The molecule has 110 valence electrons. The molecule has 2 N–H and O–H groups in total. The maximum absolute atomic E-state index is 12.1. The van der Waals surface area contributed by atoms with Gasteiger partial charge >= 0.3 is 6.61 Å². The lowest BCUT2D eigenvalue weighted by Crippen LogP contribution is -2.58. The van der Waals surface area contributed by atoms with Gasteiger partial charge in [0.05, 0.1) is 18.8 Å². The predicted octanol–water partition coefficient (Wildman–Crippen LogP) is 1.63. The van der Waals surface area contributed by atoms with Crippen LogP contribution in [0.2, 0.25) is 0 Å². The van der Waals surface area contributed by atoms with Crippen molar-refractivity contribution in [3.8, 4) is 5.75 Å². The first-order valence-electron chi connectivity index (χ1n) is 6.67. The Kier molecular flexibility index (Phi) is 3.62. The molecule has 2 aliphatic rings. The van der Waals surface area contributed by atoms with Crippen molar-refractivity contribution < 1.29 is 23.4 Å². The Labute approximate surface area is 115 Å². The zero-order valence-electron chi connectivity index (χ0n) is 10.9. The van der Waals surface area contributed by atoms with E-state index in [1.165, 1.54) is 12.1 Å². The Morgan fingerprint density at radius 2 is 1.80 bits per heavy atom. The molecular formula is C14H17F2NO3. The molecule has 0 aliphatic carbocycles. The first-order chi connectivity index (χ1) is 9.55. The molecule has 20 heavy (non-hydrogen) atoms. The summed E-state index contributed by atoms with van der Waals surface area (Å²) in [5.74, 6) is 0.102. The number of nitrogens with one attached hydrogen (secondary N) is 1. The Hall–Kier alpha value is -1.24. The van der Waals surface area contributed by atoms with Crippen LogP contribution in [0.3, 0.4) is 0 Å². The number of benzene rings is 1. The lowest BCUT2D eigenvalue weighted by atomic mass is 9.78. The van der Waals surface area contributed by atoms with Gasteiger partial charge in [-0.1, -0.05) is 12.1 Å². The Balaban J connectivity index is 1.77. The standard InChI is InChI=1S/C14H17F2NO3/c15-13(16)20-12-3-1-9(2-4-12)14(18)5-10-7-19-8-11(6-14)17-10/h1-4,10-11,13,17-18H,5-8H2. The number of alkyl halides is 2. The van der Waals surface area contributed by atoms with Gasteiger partial charge in [0, 0.05) is 12.1 Å². The van der Waals surface area contributed by atoms with Crippen molar-refractivity contribution in [2.45, 2.75) is 37.1 Å². The van der Waals surface area contributed by atoms with Gasteiger partial charge in [0.25, 0.3) is 0 Å². The average molecular weight is 285 g/mol. The molecular weight excluding hydrogens is 268 g/mol. The number of ether oxygens (including phenoxy) is 2. The summed E-state index contributed by atoms with van der Waals surface area (Å²) in [5.41, 5.74) is -0.203. The molecule has 2 aliphatic heterocycles. The second kappa shape index (κ2) is 5.27. The van der Waals surface area contributed by atoms with E-state index in [1.54, 1.807) is 12.1 Å². The topological polar surface area (TPSA) is 50.7 Å². The van der Waals surface area contributed by atoms with Crippen LogP contribution in [0, 0.1) is 0 Å². The number of piperidine rings is 1. The number of hydrogen-bond acceptors (Lipinski definition) is 4. The van der Waals surface area contributed by atoms with Gasteiger partial charge in [-0.3, -0.25) is 0 Å². The van der Waals surface area contributed by atoms with Crippen LogP contribution >= 0.6 is 0 Å². The van der Waals surface area contributed by atoms with E-state index in [0.29, 0.717) is 26.1 Å². The highest BCUT2D eigenvalue weighted by Gasteiger charge is 2.42. The van der Waals surface area contributed by atoms with E-state index in [1.807, 2.05) is 0 Å². The third kappa shape index (κ3) is 2.77. The molecule has 2 heterocycles. The van der Waals surface area contributed by atoms with Gasteiger partial charge < -0.3 is 19.9 Å². The van der Waals surface area contributed by atoms with Gasteiger partial charge in [0.2, 0.25) is 0 Å². The molecule has 1 aromatic carbocycles. The fourth-order valence-electron chi connectivity index (χ4n) is 3.10. The molecule has 0 amide bonds. The SMILES string of the molecule is OC1(c2ccc(OC(F)F)cc2)CC2COCC(C1)N2. The number of rotatable bonds is 3. The van der Waals surface area contributed by atoms with Crippen molar-refractivity contribution in [2.75, 3.05) is 13.2 Å². The lowest BCUT2D eigenvalue weighted by molar-refractivity contribution is -0.0803.